The van der Waals surface area contributed by atoms with Gasteiger partial charge >= 0.3 is 0 Å². The minimum Gasteiger partial charge on any atom is -0.247 e. The van der Waals surface area contributed by atoms with Crippen molar-refractivity contribution in [2.45, 2.75) is 10.2 Å². The van der Waals surface area contributed by atoms with Gasteiger partial charge in [-0.15, -0.1) is 5.10 Å². The number of hydrogen-bond donors (Lipinski definition) is 0. The Morgan fingerprint density at radius 1 is 1.40 bits per heavy atom. The van der Waals surface area contributed by atoms with Gasteiger partial charge in [0, 0.05) is 17.7 Å². The smallest absolute Gasteiger partial charge is 0.215 e. The second kappa shape index (κ2) is 4.58. The summed E-state index contributed by atoms with van der Waals surface area (Å²) in [6.45, 7) is 0. The van der Waals surface area contributed by atoms with Gasteiger partial charge in [0.05, 0.1) is 4.47 Å². The summed E-state index contributed by atoms with van der Waals surface area (Å²) in [5.74, 6) is 0. The van der Waals surface area contributed by atoms with Crippen LogP contribution in [0.25, 0.3) is 0 Å². The zero-order chi connectivity index (χ0) is 10.8. The molecule has 2 aromatic rings. The fraction of sp³-hybridized carbons (Fsp3) is 0.143. The minimum absolute atomic E-state index is 0.700. The lowest BCUT2D eigenvalue weighted by Gasteiger charge is -2.01. The monoisotopic (exact) mass is 349 g/mol. The molecule has 0 fully saturated rings. The molecule has 0 aliphatic rings. The Hall–Kier alpha value is -0.470. The number of hydrogen-bond acceptors (Lipinski definition) is 5. The summed E-state index contributed by atoms with van der Waals surface area (Å²) in [4.78, 5) is 4.25. The zero-order valence-electron chi connectivity index (χ0n) is 7.55. The Morgan fingerprint density at radius 3 is 2.80 bits per heavy atom. The highest BCUT2D eigenvalue weighted by atomic mass is 79.9. The van der Waals surface area contributed by atoms with Crippen molar-refractivity contribution in [2.24, 2.45) is 7.05 Å². The van der Waals surface area contributed by atoms with Gasteiger partial charge in [-0.25, -0.2) is 9.67 Å². The fourth-order valence-corrected chi connectivity index (χ4v) is 2.78. The van der Waals surface area contributed by atoms with Crippen LogP contribution < -0.4 is 0 Å². The van der Waals surface area contributed by atoms with E-state index in [0.717, 1.165) is 14.0 Å². The van der Waals surface area contributed by atoms with Gasteiger partial charge in [-0.05, 0) is 60.1 Å². The molecule has 0 radical (unpaired) electrons. The van der Waals surface area contributed by atoms with Gasteiger partial charge in [-0.3, -0.25) is 0 Å². The molecule has 0 aliphatic carbocycles. The van der Waals surface area contributed by atoms with E-state index in [1.165, 1.54) is 11.8 Å². The summed E-state index contributed by atoms with van der Waals surface area (Å²) < 4.78 is 3.43. The first-order valence-corrected chi connectivity index (χ1v) is 6.28. The van der Waals surface area contributed by atoms with Gasteiger partial charge in [0.25, 0.3) is 0 Å². The van der Waals surface area contributed by atoms with Crippen LogP contribution in [0.15, 0.2) is 31.4 Å². The topological polar surface area (TPSA) is 56.5 Å². The van der Waals surface area contributed by atoms with Crippen LogP contribution in [-0.4, -0.2) is 25.2 Å². The first-order valence-electron chi connectivity index (χ1n) is 3.88. The summed E-state index contributed by atoms with van der Waals surface area (Å²) in [7, 11) is 1.79. The first-order chi connectivity index (χ1) is 7.16. The maximum Gasteiger partial charge on any atom is 0.215 e. The van der Waals surface area contributed by atoms with Crippen LogP contribution in [-0.2, 0) is 7.05 Å². The van der Waals surface area contributed by atoms with Gasteiger partial charge in [0.2, 0.25) is 5.16 Å². The number of nitrogens with zero attached hydrogens (tertiary/aromatic N) is 5. The number of pyridine rings is 1. The van der Waals surface area contributed by atoms with E-state index in [1.54, 1.807) is 17.9 Å². The minimum atomic E-state index is 0.700. The molecule has 0 atom stereocenters. The summed E-state index contributed by atoms with van der Waals surface area (Å²) in [6, 6.07) is 1.93. The van der Waals surface area contributed by atoms with Crippen molar-refractivity contribution in [1.29, 1.82) is 0 Å². The van der Waals surface area contributed by atoms with Crippen molar-refractivity contribution in [2.75, 3.05) is 0 Å². The quantitative estimate of drug-likeness (QED) is 0.831. The molecule has 5 nitrogen and oxygen atoms in total. The third-order valence-electron chi connectivity index (χ3n) is 1.54. The van der Waals surface area contributed by atoms with Crippen molar-refractivity contribution in [1.82, 2.24) is 25.2 Å². The molecule has 0 aliphatic heterocycles. The average molecular weight is 351 g/mol. The lowest BCUT2D eigenvalue weighted by atomic mass is 10.5. The summed E-state index contributed by atoms with van der Waals surface area (Å²) in [5.41, 5.74) is 0. The van der Waals surface area contributed by atoms with E-state index in [2.05, 4.69) is 52.4 Å². The van der Waals surface area contributed by atoms with Crippen LogP contribution in [0.2, 0.25) is 0 Å². The van der Waals surface area contributed by atoms with E-state index in [4.69, 9.17) is 0 Å². The fourth-order valence-electron chi connectivity index (χ4n) is 0.871. The summed E-state index contributed by atoms with van der Waals surface area (Å²) in [6.07, 6.45) is 1.73. The van der Waals surface area contributed by atoms with E-state index in [9.17, 15) is 0 Å². The van der Waals surface area contributed by atoms with Crippen molar-refractivity contribution >= 4 is 43.6 Å². The van der Waals surface area contributed by atoms with Gasteiger partial charge in [0.1, 0.15) is 5.03 Å². The molecular weight excluding hydrogens is 346 g/mol. The Kier molecular flexibility index (Phi) is 3.37. The average Bonchev–Trinajstić information content (AvgIpc) is 2.57. The van der Waals surface area contributed by atoms with Gasteiger partial charge in [0.15, 0.2) is 0 Å². The predicted octanol–water partition coefficient (Wildman–Crippen LogP) is 2.28. The van der Waals surface area contributed by atoms with Crippen LogP contribution in [0.4, 0.5) is 0 Å². The molecule has 15 heavy (non-hydrogen) atoms. The first kappa shape index (κ1) is 11.0. The molecule has 0 unspecified atom stereocenters. The highest BCUT2D eigenvalue weighted by Crippen LogP contribution is 2.31. The van der Waals surface area contributed by atoms with Gasteiger partial charge in [-0.2, -0.15) is 0 Å². The Morgan fingerprint density at radius 2 is 2.20 bits per heavy atom. The Bertz CT molecular complexity index is 486. The molecule has 0 spiro atoms. The second-order valence-electron chi connectivity index (χ2n) is 2.63. The van der Waals surface area contributed by atoms with Crippen molar-refractivity contribution < 1.29 is 0 Å². The molecule has 0 amide bonds. The van der Waals surface area contributed by atoms with Crippen LogP contribution >= 0.6 is 43.6 Å². The molecule has 2 aromatic heterocycles. The standard InChI is InChI=1S/C7H5Br2N5S/c1-14-7(11-12-13-14)15-6-5(9)2-4(8)3-10-6/h2-3H,1H3. The summed E-state index contributed by atoms with van der Waals surface area (Å²) in [5, 5.41) is 12.7. The Labute approximate surface area is 107 Å². The van der Waals surface area contributed by atoms with Crippen LogP contribution in [0.5, 0.6) is 0 Å². The SMILES string of the molecule is Cn1nnnc1Sc1ncc(Br)cc1Br. The lowest BCUT2D eigenvalue weighted by Crippen LogP contribution is -1.93. The molecule has 2 heterocycles. The van der Waals surface area contributed by atoms with E-state index < -0.39 is 0 Å². The number of aromatic nitrogens is 5. The molecule has 0 aromatic carbocycles. The second-order valence-corrected chi connectivity index (χ2v) is 5.35. The highest BCUT2D eigenvalue weighted by Gasteiger charge is 2.09. The molecular formula is C7H5Br2N5S. The molecule has 0 saturated carbocycles. The van der Waals surface area contributed by atoms with Crippen molar-refractivity contribution in [3.63, 3.8) is 0 Å². The van der Waals surface area contributed by atoms with Gasteiger partial charge < -0.3 is 0 Å². The lowest BCUT2D eigenvalue weighted by molar-refractivity contribution is 0.664. The number of aryl methyl sites for hydroxylation is 1. The largest absolute Gasteiger partial charge is 0.247 e. The van der Waals surface area contributed by atoms with Crippen LogP contribution in [0.1, 0.15) is 0 Å². The molecule has 0 saturated heterocycles. The van der Waals surface area contributed by atoms with Crippen LogP contribution in [0.3, 0.4) is 0 Å². The molecule has 8 heteroatoms. The van der Waals surface area contributed by atoms with Gasteiger partial charge in [-0.1, -0.05) is 0 Å². The highest BCUT2D eigenvalue weighted by molar-refractivity contribution is 9.11. The third-order valence-corrected chi connectivity index (χ3v) is 3.89. The Balaban J connectivity index is 2.29. The van der Waals surface area contributed by atoms with E-state index in [0.29, 0.717) is 5.16 Å². The van der Waals surface area contributed by atoms with Crippen LogP contribution in [0, 0.1) is 0 Å². The third kappa shape index (κ3) is 2.56. The van der Waals surface area contributed by atoms with Crippen molar-refractivity contribution in [3.8, 4) is 0 Å². The molecule has 0 bridgehead atoms. The zero-order valence-corrected chi connectivity index (χ0v) is 11.5. The molecule has 78 valence electrons. The van der Waals surface area contributed by atoms with Crippen molar-refractivity contribution in [3.05, 3.63) is 21.2 Å². The molecule has 2 rings (SSSR count). The van der Waals surface area contributed by atoms with E-state index in [-0.39, 0.29) is 0 Å². The number of rotatable bonds is 2. The predicted molar refractivity (Wildman–Crippen MR) is 62.6 cm³/mol. The maximum atomic E-state index is 4.25. The molecule has 0 N–H and O–H groups in total. The summed E-state index contributed by atoms with van der Waals surface area (Å²) >= 11 is 8.17. The van der Waals surface area contributed by atoms with E-state index in [1.807, 2.05) is 6.07 Å². The number of halogens is 2. The maximum absolute atomic E-state index is 4.25. The number of tetrazole rings is 1. The van der Waals surface area contributed by atoms with E-state index >= 15 is 0 Å². The normalized spacial score (nSPS) is 10.6.